The Morgan fingerprint density at radius 3 is 2.72 bits per heavy atom. The summed E-state index contributed by atoms with van der Waals surface area (Å²) in [5, 5.41) is 10.6. The quantitative estimate of drug-likeness (QED) is 0.573. The zero-order valence-corrected chi connectivity index (χ0v) is 15.7. The Balaban J connectivity index is 1.99. The van der Waals surface area contributed by atoms with Crippen molar-refractivity contribution in [2.24, 2.45) is 4.99 Å². The lowest BCUT2D eigenvalue weighted by Crippen LogP contribution is -2.38. The van der Waals surface area contributed by atoms with Crippen LogP contribution in [0.25, 0.3) is 0 Å². The lowest BCUT2D eigenvalue weighted by molar-refractivity contribution is 0.597. The molecule has 1 aromatic carbocycles. The fourth-order valence-corrected chi connectivity index (χ4v) is 3.42. The molecule has 7 nitrogen and oxygen atoms in total. The van der Waals surface area contributed by atoms with Crippen LogP contribution in [0.2, 0.25) is 0 Å². The number of aliphatic imine (C=N–C) groups is 1. The Bertz CT molecular complexity index is 814. The van der Waals surface area contributed by atoms with Crippen LogP contribution in [0.4, 0.5) is 0 Å². The number of nitrogens with zero attached hydrogens (tertiary/aromatic N) is 3. The number of guanidine groups is 1. The third-order valence-electron chi connectivity index (χ3n) is 3.60. The fourth-order valence-electron chi connectivity index (χ4n) is 2.46. The molecular weight excluding hydrogens is 338 g/mol. The Morgan fingerprint density at radius 1 is 1.32 bits per heavy atom. The van der Waals surface area contributed by atoms with Crippen LogP contribution in [0.5, 0.6) is 0 Å². The minimum atomic E-state index is -3.19. The van der Waals surface area contributed by atoms with Crippen LogP contribution >= 0.6 is 0 Å². The second kappa shape index (κ2) is 8.66. The summed E-state index contributed by atoms with van der Waals surface area (Å²) >= 11 is 0. The molecule has 1 aromatic heterocycles. The van der Waals surface area contributed by atoms with Crippen molar-refractivity contribution in [3.05, 3.63) is 47.8 Å². The number of aromatic nitrogens is 2. The third kappa shape index (κ3) is 5.90. The van der Waals surface area contributed by atoms with Crippen molar-refractivity contribution in [2.75, 3.05) is 19.3 Å². The Labute approximate surface area is 149 Å². The maximum Gasteiger partial charge on any atom is 0.191 e. The number of hydrogen-bond donors (Lipinski definition) is 2. The molecule has 0 spiro atoms. The molecule has 0 aliphatic rings. The summed E-state index contributed by atoms with van der Waals surface area (Å²) in [6.45, 7) is 6.51. The van der Waals surface area contributed by atoms with Gasteiger partial charge in [-0.15, -0.1) is 0 Å². The Morgan fingerprint density at radius 2 is 2.12 bits per heavy atom. The monoisotopic (exact) mass is 363 g/mol. The van der Waals surface area contributed by atoms with E-state index < -0.39 is 9.84 Å². The van der Waals surface area contributed by atoms with Gasteiger partial charge in [-0.25, -0.2) is 13.4 Å². The highest BCUT2D eigenvalue weighted by molar-refractivity contribution is 7.90. The van der Waals surface area contributed by atoms with Gasteiger partial charge in [0, 0.05) is 31.7 Å². The van der Waals surface area contributed by atoms with Crippen LogP contribution in [0.1, 0.15) is 18.1 Å². The summed E-state index contributed by atoms with van der Waals surface area (Å²) in [7, 11) is -3.19. The van der Waals surface area contributed by atoms with Crippen molar-refractivity contribution in [3.8, 4) is 0 Å². The first-order chi connectivity index (χ1) is 11.9. The smallest absolute Gasteiger partial charge is 0.191 e. The maximum atomic E-state index is 11.7. The largest absolute Gasteiger partial charge is 0.357 e. The first-order valence-electron chi connectivity index (χ1n) is 8.19. The van der Waals surface area contributed by atoms with E-state index in [0.717, 1.165) is 30.2 Å². The highest BCUT2D eigenvalue weighted by atomic mass is 32.2. The molecule has 0 atom stereocenters. The molecule has 2 aromatic rings. The van der Waals surface area contributed by atoms with Crippen LogP contribution in [0, 0.1) is 6.92 Å². The van der Waals surface area contributed by atoms with Crippen LogP contribution < -0.4 is 10.6 Å². The van der Waals surface area contributed by atoms with Gasteiger partial charge >= 0.3 is 0 Å². The molecule has 2 rings (SSSR count). The molecule has 136 valence electrons. The van der Waals surface area contributed by atoms with E-state index in [0.29, 0.717) is 18.0 Å². The molecule has 1 heterocycles. The maximum absolute atomic E-state index is 11.7. The number of nitrogens with one attached hydrogen (secondary N) is 2. The highest BCUT2D eigenvalue weighted by Gasteiger charge is 2.10. The molecule has 0 unspecified atom stereocenters. The van der Waals surface area contributed by atoms with E-state index in [-0.39, 0.29) is 0 Å². The normalized spacial score (nSPS) is 12.2. The summed E-state index contributed by atoms with van der Waals surface area (Å²) in [6, 6.07) is 7.21. The van der Waals surface area contributed by atoms with Gasteiger partial charge in [0.05, 0.1) is 18.0 Å². The summed E-state index contributed by atoms with van der Waals surface area (Å²) in [6.07, 6.45) is 4.89. The van der Waals surface area contributed by atoms with Gasteiger partial charge < -0.3 is 10.6 Å². The van der Waals surface area contributed by atoms with E-state index in [1.54, 1.807) is 25.3 Å². The summed E-state index contributed by atoms with van der Waals surface area (Å²) in [5.74, 6) is 0.722. The third-order valence-corrected chi connectivity index (χ3v) is 4.85. The predicted octanol–water partition coefficient (Wildman–Crippen LogP) is 1.35. The molecule has 0 saturated heterocycles. The van der Waals surface area contributed by atoms with Crippen LogP contribution in [-0.2, 0) is 22.9 Å². The van der Waals surface area contributed by atoms with Crippen molar-refractivity contribution in [2.45, 2.75) is 31.8 Å². The minimum Gasteiger partial charge on any atom is -0.357 e. The Hall–Kier alpha value is -2.35. The van der Waals surface area contributed by atoms with E-state index in [1.165, 1.54) is 6.26 Å². The van der Waals surface area contributed by atoms with Crippen LogP contribution in [0.15, 0.2) is 46.5 Å². The zero-order chi connectivity index (χ0) is 18.3. The summed E-state index contributed by atoms with van der Waals surface area (Å²) in [4.78, 5) is 4.92. The molecular formula is C17H25N5O2S. The van der Waals surface area contributed by atoms with E-state index in [4.69, 9.17) is 0 Å². The van der Waals surface area contributed by atoms with Crippen LogP contribution in [0.3, 0.4) is 0 Å². The molecule has 0 amide bonds. The predicted molar refractivity (Wildman–Crippen MR) is 99.3 cm³/mol. The van der Waals surface area contributed by atoms with Gasteiger partial charge in [0.15, 0.2) is 15.8 Å². The lowest BCUT2D eigenvalue weighted by atomic mass is 10.1. The topological polar surface area (TPSA) is 88.4 Å². The molecule has 0 aliphatic carbocycles. The lowest BCUT2D eigenvalue weighted by Gasteiger charge is -2.12. The second-order valence-electron chi connectivity index (χ2n) is 5.76. The van der Waals surface area contributed by atoms with Crippen molar-refractivity contribution in [1.29, 1.82) is 0 Å². The average molecular weight is 363 g/mol. The van der Waals surface area contributed by atoms with E-state index in [2.05, 4.69) is 20.7 Å². The van der Waals surface area contributed by atoms with Gasteiger partial charge in [-0.3, -0.25) is 4.68 Å². The molecule has 2 N–H and O–H groups in total. The van der Waals surface area contributed by atoms with Crippen molar-refractivity contribution < 1.29 is 8.42 Å². The number of aryl methyl sites for hydroxylation is 1. The van der Waals surface area contributed by atoms with Gasteiger partial charge in [0.2, 0.25) is 0 Å². The average Bonchev–Trinajstić information content (AvgIpc) is 3.04. The standard InChI is InChI=1S/C17H25N5O2S/c1-4-18-17(19-9-11-22-10-5-8-21-22)20-13-15-6-7-16(14(2)12-15)25(3,23)24/h5-8,10,12H,4,9,11,13H2,1-3H3,(H2,18,19,20). The van der Waals surface area contributed by atoms with E-state index in [1.807, 2.05) is 29.9 Å². The second-order valence-corrected chi connectivity index (χ2v) is 7.75. The minimum absolute atomic E-state index is 0.365. The van der Waals surface area contributed by atoms with E-state index >= 15 is 0 Å². The summed E-state index contributed by atoms with van der Waals surface area (Å²) in [5.41, 5.74) is 1.71. The molecule has 0 radical (unpaired) electrons. The van der Waals surface area contributed by atoms with Crippen molar-refractivity contribution >= 4 is 15.8 Å². The molecule has 0 aliphatic heterocycles. The molecule has 25 heavy (non-hydrogen) atoms. The molecule has 0 fully saturated rings. The van der Waals surface area contributed by atoms with Gasteiger partial charge in [0.25, 0.3) is 0 Å². The first-order valence-corrected chi connectivity index (χ1v) is 10.1. The highest BCUT2D eigenvalue weighted by Crippen LogP contribution is 2.17. The number of benzene rings is 1. The molecule has 0 bridgehead atoms. The van der Waals surface area contributed by atoms with Crippen molar-refractivity contribution in [3.63, 3.8) is 0 Å². The number of hydrogen-bond acceptors (Lipinski definition) is 4. The van der Waals surface area contributed by atoms with Crippen LogP contribution in [-0.4, -0.2) is 43.5 Å². The summed E-state index contributed by atoms with van der Waals surface area (Å²) < 4.78 is 25.2. The van der Waals surface area contributed by atoms with Gasteiger partial charge in [-0.1, -0.05) is 12.1 Å². The van der Waals surface area contributed by atoms with Gasteiger partial charge in [-0.2, -0.15) is 5.10 Å². The van der Waals surface area contributed by atoms with Gasteiger partial charge in [0.1, 0.15) is 0 Å². The molecule has 0 saturated carbocycles. The van der Waals surface area contributed by atoms with E-state index in [9.17, 15) is 8.42 Å². The molecule has 8 heteroatoms. The zero-order valence-electron chi connectivity index (χ0n) is 14.9. The van der Waals surface area contributed by atoms with Crippen molar-refractivity contribution in [1.82, 2.24) is 20.4 Å². The van der Waals surface area contributed by atoms with Gasteiger partial charge in [-0.05, 0) is 37.1 Å². The Kier molecular flexibility index (Phi) is 6.58. The number of rotatable bonds is 7. The fraction of sp³-hybridized carbons (Fsp3) is 0.412. The SMILES string of the molecule is CCNC(=NCc1ccc(S(C)(=O)=O)c(C)c1)NCCn1cccn1. The number of sulfone groups is 1. The first kappa shape index (κ1) is 19.0.